The second kappa shape index (κ2) is 2.77. The molecule has 0 saturated carbocycles. The van der Waals surface area contributed by atoms with E-state index in [0.29, 0.717) is 6.33 Å². The Morgan fingerprint density at radius 1 is 1.42 bits per heavy atom. The topological polar surface area (TPSA) is 49.6 Å². The Morgan fingerprint density at radius 3 is 2.58 bits per heavy atom. The van der Waals surface area contributed by atoms with Crippen LogP contribution in [0.4, 0.5) is 13.2 Å². The van der Waals surface area contributed by atoms with Gasteiger partial charge in [0.05, 0.1) is 6.07 Å². The summed E-state index contributed by atoms with van der Waals surface area (Å²) in [5.74, 6) is 0. The van der Waals surface area contributed by atoms with Gasteiger partial charge in [0, 0.05) is 0 Å². The molecular weight excluding hydrogens is 171 g/mol. The van der Waals surface area contributed by atoms with Crippen LogP contribution in [0.5, 0.6) is 0 Å². The summed E-state index contributed by atoms with van der Waals surface area (Å²) >= 11 is 0. The van der Waals surface area contributed by atoms with Gasteiger partial charge in [-0.25, -0.2) is 9.97 Å². The van der Waals surface area contributed by atoms with E-state index in [9.17, 15) is 13.2 Å². The van der Waals surface area contributed by atoms with E-state index >= 15 is 0 Å². The van der Waals surface area contributed by atoms with Crippen LogP contribution in [-0.2, 0) is 6.18 Å². The number of aromatic nitrogens is 2. The van der Waals surface area contributed by atoms with Crippen LogP contribution in [0.25, 0.3) is 0 Å². The van der Waals surface area contributed by atoms with Crippen LogP contribution < -0.4 is 0 Å². The molecule has 0 spiro atoms. The summed E-state index contributed by atoms with van der Waals surface area (Å²) in [6, 6.07) is 3.16. The fraction of sp³-hybridized carbons (Fsp3) is 0.167. The average molecular weight is 172 g/mol. The highest BCUT2D eigenvalue weighted by Gasteiger charge is 2.33. The van der Waals surface area contributed by atoms with Crippen molar-refractivity contribution < 1.29 is 13.2 Å². The summed E-state index contributed by atoms with van der Waals surface area (Å²) in [6.45, 7) is 0. The van der Waals surface area contributed by atoms with Crippen molar-refractivity contribution in [2.45, 2.75) is 6.18 Å². The minimum atomic E-state index is -4.57. The Hall–Kier alpha value is -1.64. The zero-order chi connectivity index (χ0) is 9.19. The molecule has 0 atom stereocenters. The molecule has 3 nitrogen and oxygen atoms in total. The van der Waals surface area contributed by atoms with Gasteiger partial charge in [-0.1, -0.05) is 0 Å². The molecule has 0 amide bonds. The molecule has 1 heterocycles. The zero-order valence-electron chi connectivity index (χ0n) is 5.55. The summed E-state index contributed by atoms with van der Waals surface area (Å²) in [6.07, 6.45) is -3.90. The fourth-order valence-electron chi connectivity index (χ4n) is 0.522. The molecule has 0 aliphatic carbocycles. The highest BCUT2D eigenvalue weighted by atomic mass is 19.4. The maximum absolute atomic E-state index is 11.9. The molecule has 0 N–H and O–H groups in total. The monoisotopic (exact) mass is 172 g/mol. The van der Waals surface area contributed by atoms with Crippen molar-refractivity contribution in [1.29, 1.82) is 5.26 Å². The normalized spacial score (nSPS) is 10.8. The first-order valence-electron chi connectivity index (χ1n) is 2.75. The lowest BCUT2D eigenvalue weighted by Crippen LogP contribution is -2.08. The molecule has 0 saturated heterocycles. The third-order valence-corrected chi connectivity index (χ3v) is 0.985. The van der Waals surface area contributed by atoms with Crippen LogP contribution >= 0.6 is 0 Å². The van der Waals surface area contributed by atoms with Crippen LogP contribution in [0.1, 0.15) is 11.4 Å². The molecule has 61 valence electrons. The second-order valence-electron chi connectivity index (χ2n) is 1.81. The van der Waals surface area contributed by atoms with Crippen LogP contribution in [0.3, 0.4) is 0 Å². The summed E-state index contributed by atoms with van der Waals surface area (Å²) in [7, 11) is 0. The maximum Gasteiger partial charge on any atom is 0.434 e. The summed E-state index contributed by atoms with van der Waals surface area (Å²) < 4.78 is 35.6. The third-order valence-electron chi connectivity index (χ3n) is 0.985. The number of hydrogen-bond donors (Lipinski definition) is 0. The Kier molecular flexibility index (Phi) is 1.95. The first-order valence-corrected chi connectivity index (χ1v) is 2.75. The van der Waals surface area contributed by atoms with Gasteiger partial charge in [-0.2, -0.15) is 18.4 Å². The average Bonchev–Trinajstić information content (AvgIpc) is 2.03. The van der Waals surface area contributed by atoms with Gasteiger partial charge in [0.15, 0.2) is 11.4 Å². The van der Waals surface area contributed by atoms with E-state index in [2.05, 4.69) is 9.97 Å². The van der Waals surface area contributed by atoms with Crippen LogP contribution in [-0.4, -0.2) is 9.97 Å². The van der Waals surface area contributed by atoms with Gasteiger partial charge in [0.1, 0.15) is 12.4 Å². The van der Waals surface area contributed by atoms with Crippen molar-refractivity contribution in [1.82, 2.24) is 9.97 Å². The molecule has 0 unspecified atom stereocenters. The number of nitriles is 1. The highest BCUT2D eigenvalue weighted by molar-refractivity contribution is 5.20. The van der Waals surface area contributed by atoms with E-state index in [1.54, 1.807) is 6.07 Å². The molecule has 0 bridgehead atoms. The van der Waals surface area contributed by atoms with E-state index < -0.39 is 17.6 Å². The fourth-order valence-corrected chi connectivity index (χ4v) is 0.522. The molecule has 0 aliphatic heterocycles. The first-order chi connectivity index (χ1) is 5.54. The number of halogens is 3. The molecule has 0 fully saturated rings. The standard InChI is InChI=1S/C6HF3N3/c7-6(8,9)5-1-4(2-10)11-3-12-5/h3H. The molecule has 1 aromatic heterocycles. The van der Waals surface area contributed by atoms with Crippen molar-refractivity contribution in [2.75, 3.05) is 0 Å². The van der Waals surface area contributed by atoms with Crippen molar-refractivity contribution >= 4 is 0 Å². The van der Waals surface area contributed by atoms with Gasteiger partial charge >= 0.3 is 6.18 Å². The molecule has 1 rings (SSSR count). The second-order valence-corrected chi connectivity index (χ2v) is 1.81. The van der Waals surface area contributed by atoms with Crippen molar-refractivity contribution in [2.24, 2.45) is 0 Å². The largest absolute Gasteiger partial charge is 0.434 e. The molecule has 6 heteroatoms. The highest BCUT2D eigenvalue weighted by Crippen LogP contribution is 2.26. The van der Waals surface area contributed by atoms with E-state index in [0.717, 1.165) is 0 Å². The molecule has 1 aromatic rings. The summed E-state index contributed by atoms with van der Waals surface area (Å²) in [4.78, 5) is 6.16. The van der Waals surface area contributed by atoms with E-state index in [4.69, 9.17) is 5.26 Å². The summed E-state index contributed by atoms with van der Waals surface area (Å²) in [5, 5.41) is 8.19. The quantitative estimate of drug-likeness (QED) is 0.590. The Balaban J connectivity index is 3.13. The van der Waals surface area contributed by atoms with E-state index in [1.165, 1.54) is 6.07 Å². The lowest BCUT2D eigenvalue weighted by molar-refractivity contribution is -0.141. The molecule has 12 heavy (non-hydrogen) atoms. The van der Waals surface area contributed by atoms with Crippen molar-refractivity contribution in [3.8, 4) is 6.07 Å². The summed E-state index contributed by atoms with van der Waals surface area (Å²) in [5.41, 5.74) is -1.65. The molecule has 1 radical (unpaired) electrons. The van der Waals surface area contributed by atoms with Gasteiger partial charge in [0.25, 0.3) is 0 Å². The predicted molar refractivity (Wildman–Crippen MR) is 30.6 cm³/mol. The van der Waals surface area contributed by atoms with Crippen LogP contribution in [0.15, 0.2) is 6.33 Å². The van der Waals surface area contributed by atoms with Gasteiger partial charge in [-0.05, 0) is 0 Å². The molecular formula is C6HF3N3. The smallest absolute Gasteiger partial charge is 0.231 e. The van der Waals surface area contributed by atoms with Gasteiger partial charge in [0.2, 0.25) is 0 Å². The van der Waals surface area contributed by atoms with Gasteiger partial charge in [-0.15, -0.1) is 0 Å². The molecule has 0 aromatic carbocycles. The third kappa shape index (κ3) is 1.69. The van der Waals surface area contributed by atoms with Crippen molar-refractivity contribution in [3.63, 3.8) is 0 Å². The van der Waals surface area contributed by atoms with Crippen LogP contribution in [0.2, 0.25) is 0 Å². The van der Waals surface area contributed by atoms with Gasteiger partial charge < -0.3 is 0 Å². The Morgan fingerprint density at radius 2 is 2.08 bits per heavy atom. The Bertz CT molecular complexity index is 326. The number of rotatable bonds is 0. The van der Waals surface area contributed by atoms with Crippen LogP contribution in [0, 0.1) is 17.4 Å². The lowest BCUT2D eigenvalue weighted by Gasteiger charge is -2.02. The van der Waals surface area contributed by atoms with E-state index in [-0.39, 0.29) is 0 Å². The number of hydrogen-bond acceptors (Lipinski definition) is 3. The van der Waals surface area contributed by atoms with Gasteiger partial charge in [-0.3, -0.25) is 0 Å². The first kappa shape index (κ1) is 8.46. The van der Waals surface area contributed by atoms with Crippen molar-refractivity contribution in [3.05, 3.63) is 23.8 Å². The van der Waals surface area contributed by atoms with E-state index in [1.807, 2.05) is 0 Å². The minimum absolute atomic E-state index is 0.419. The number of nitrogens with zero attached hydrogens (tertiary/aromatic N) is 3. The maximum atomic E-state index is 11.9. The zero-order valence-corrected chi connectivity index (χ0v) is 5.55. The molecule has 0 aliphatic rings. The number of alkyl halides is 3. The minimum Gasteiger partial charge on any atom is -0.231 e. The predicted octanol–water partition coefficient (Wildman–Crippen LogP) is 1.17. The Labute approximate surface area is 65.5 Å². The SMILES string of the molecule is N#Cc1[c]c(C(F)(F)F)ncn1. The lowest BCUT2D eigenvalue weighted by atomic mass is 10.3.